The van der Waals surface area contributed by atoms with Gasteiger partial charge in [-0.05, 0) is 34.7 Å². The molecule has 10 heavy (non-hydrogen) atoms. The second-order valence-corrected chi connectivity index (χ2v) is 2.76. The number of hydrogen-bond acceptors (Lipinski definition) is 3. The zero-order chi connectivity index (χ0) is 7.40. The van der Waals surface area contributed by atoms with Gasteiger partial charge in [0, 0.05) is 0 Å². The Bertz CT molecular complexity index is 239. The van der Waals surface area contributed by atoms with Crippen LogP contribution in [0.3, 0.4) is 0 Å². The van der Waals surface area contributed by atoms with E-state index in [4.69, 9.17) is 0 Å². The van der Waals surface area contributed by atoms with Crippen LogP contribution in [0.1, 0.15) is 0 Å². The summed E-state index contributed by atoms with van der Waals surface area (Å²) in [5.74, 6) is 0.498. The molecule has 0 N–H and O–H groups in total. The van der Waals surface area contributed by atoms with Crippen LogP contribution in [0.4, 0.5) is 0 Å². The maximum Gasteiger partial charge on any atom is 0.174 e. The van der Waals surface area contributed by atoms with Crippen molar-refractivity contribution >= 4 is 22.6 Å². The molecule has 0 saturated carbocycles. The van der Waals surface area contributed by atoms with Gasteiger partial charge in [0.2, 0.25) is 0 Å². The van der Waals surface area contributed by atoms with Crippen LogP contribution in [0.15, 0.2) is 29.6 Å². The smallest absolute Gasteiger partial charge is 0.174 e. The standard InChI is InChI=1S/C6H4INO2/c7-5-3-1-2-4-6(5)10-8-9/h1-4H. The highest BCUT2D eigenvalue weighted by Crippen LogP contribution is 2.19. The highest BCUT2D eigenvalue weighted by atomic mass is 127. The molecular weight excluding hydrogens is 245 g/mol. The molecule has 0 bridgehead atoms. The SMILES string of the molecule is O=NOc1ccccc1I. The number of halogens is 1. The third-order valence-electron chi connectivity index (χ3n) is 0.972. The molecule has 1 aromatic rings. The van der Waals surface area contributed by atoms with E-state index in [9.17, 15) is 4.91 Å². The molecular formula is C6H4INO2. The van der Waals surface area contributed by atoms with E-state index < -0.39 is 0 Å². The van der Waals surface area contributed by atoms with Crippen LogP contribution >= 0.6 is 22.6 Å². The molecule has 1 aromatic carbocycles. The molecule has 0 saturated heterocycles. The van der Waals surface area contributed by atoms with Crippen LogP contribution in [-0.4, -0.2) is 0 Å². The Morgan fingerprint density at radius 1 is 1.40 bits per heavy atom. The van der Waals surface area contributed by atoms with Crippen LogP contribution in [0.25, 0.3) is 0 Å². The van der Waals surface area contributed by atoms with Crippen molar-refractivity contribution in [1.29, 1.82) is 0 Å². The zero-order valence-corrected chi connectivity index (χ0v) is 7.11. The molecule has 52 valence electrons. The molecule has 0 spiro atoms. The zero-order valence-electron chi connectivity index (χ0n) is 4.95. The maximum absolute atomic E-state index is 9.65. The fourth-order valence-electron chi connectivity index (χ4n) is 0.559. The lowest BCUT2D eigenvalue weighted by Crippen LogP contribution is -1.82. The summed E-state index contributed by atoms with van der Waals surface area (Å²) < 4.78 is 0.875. The van der Waals surface area contributed by atoms with Crippen molar-refractivity contribution < 1.29 is 4.84 Å². The van der Waals surface area contributed by atoms with Crippen molar-refractivity contribution in [3.05, 3.63) is 32.7 Å². The first kappa shape index (κ1) is 7.46. The van der Waals surface area contributed by atoms with Crippen molar-refractivity contribution in [3.8, 4) is 5.75 Å². The molecule has 0 atom stereocenters. The van der Waals surface area contributed by atoms with Gasteiger partial charge in [0.25, 0.3) is 0 Å². The highest BCUT2D eigenvalue weighted by molar-refractivity contribution is 14.1. The number of nitrogens with zero attached hydrogens (tertiary/aromatic N) is 1. The molecule has 0 aromatic heterocycles. The van der Waals surface area contributed by atoms with Gasteiger partial charge in [-0.15, -0.1) is 4.91 Å². The van der Waals surface area contributed by atoms with Crippen molar-refractivity contribution in [3.63, 3.8) is 0 Å². The summed E-state index contributed by atoms with van der Waals surface area (Å²) in [7, 11) is 0. The number of benzene rings is 1. The van der Waals surface area contributed by atoms with Gasteiger partial charge < -0.3 is 4.84 Å². The Hall–Kier alpha value is -0.650. The average Bonchev–Trinajstić information content (AvgIpc) is 1.94. The van der Waals surface area contributed by atoms with Crippen LogP contribution in [0, 0.1) is 8.48 Å². The van der Waals surface area contributed by atoms with Gasteiger partial charge in [-0.3, -0.25) is 0 Å². The lowest BCUT2D eigenvalue weighted by molar-refractivity contribution is 0.332. The van der Waals surface area contributed by atoms with E-state index in [1.807, 2.05) is 12.1 Å². The van der Waals surface area contributed by atoms with Gasteiger partial charge in [0.1, 0.15) is 0 Å². The van der Waals surface area contributed by atoms with E-state index in [0.717, 1.165) is 3.57 Å². The first-order valence-electron chi connectivity index (χ1n) is 2.59. The van der Waals surface area contributed by atoms with Gasteiger partial charge in [-0.25, -0.2) is 0 Å². The molecule has 0 fully saturated rings. The average molecular weight is 249 g/mol. The second-order valence-electron chi connectivity index (χ2n) is 1.60. The van der Waals surface area contributed by atoms with Gasteiger partial charge in [0.15, 0.2) is 11.1 Å². The third kappa shape index (κ3) is 1.66. The van der Waals surface area contributed by atoms with E-state index in [-0.39, 0.29) is 0 Å². The minimum Gasteiger partial charge on any atom is -0.323 e. The quantitative estimate of drug-likeness (QED) is 0.458. The molecule has 0 aliphatic rings. The van der Waals surface area contributed by atoms with E-state index in [1.54, 1.807) is 12.1 Å². The molecule has 0 unspecified atom stereocenters. The van der Waals surface area contributed by atoms with E-state index in [0.29, 0.717) is 5.75 Å². The highest BCUT2D eigenvalue weighted by Gasteiger charge is 1.96. The minimum absolute atomic E-state index is 0.498. The second kappa shape index (κ2) is 3.50. The molecule has 3 nitrogen and oxygen atoms in total. The lowest BCUT2D eigenvalue weighted by atomic mass is 10.3. The summed E-state index contributed by atoms with van der Waals surface area (Å²) in [6.45, 7) is 0. The predicted molar refractivity (Wildman–Crippen MR) is 45.6 cm³/mol. The van der Waals surface area contributed by atoms with E-state index in [2.05, 4.69) is 32.8 Å². The Labute approximate surface area is 71.5 Å². The van der Waals surface area contributed by atoms with Crippen LogP contribution in [-0.2, 0) is 0 Å². The summed E-state index contributed by atoms with van der Waals surface area (Å²) >= 11 is 2.06. The summed E-state index contributed by atoms with van der Waals surface area (Å²) in [6, 6.07) is 7.16. The minimum atomic E-state index is 0.498. The lowest BCUT2D eigenvalue weighted by Gasteiger charge is -1.95. The fraction of sp³-hybridized carbons (Fsp3) is 0. The monoisotopic (exact) mass is 249 g/mol. The van der Waals surface area contributed by atoms with E-state index >= 15 is 0 Å². The molecule has 0 aliphatic carbocycles. The largest absolute Gasteiger partial charge is 0.323 e. The number of para-hydroxylation sites is 1. The van der Waals surface area contributed by atoms with Crippen LogP contribution in [0.2, 0.25) is 0 Å². The molecule has 0 radical (unpaired) electrons. The number of hydrogen-bond donors (Lipinski definition) is 0. The van der Waals surface area contributed by atoms with Crippen LogP contribution < -0.4 is 4.84 Å². The molecule has 0 heterocycles. The van der Waals surface area contributed by atoms with Gasteiger partial charge in [0.05, 0.1) is 3.57 Å². The summed E-state index contributed by atoms with van der Waals surface area (Å²) in [5, 5.41) is 2.31. The predicted octanol–water partition coefficient (Wildman–Crippen LogP) is 2.35. The van der Waals surface area contributed by atoms with Crippen molar-refractivity contribution in [2.24, 2.45) is 5.34 Å². The summed E-state index contributed by atoms with van der Waals surface area (Å²) in [6.07, 6.45) is 0. The Morgan fingerprint density at radius 2 is 2.10 bits per heavy atom. The van der Waals surface area contributed by atoms with Crippen LogP contribution in [0.5, 0.6) is 5.75 Å². The van der Waals surface area contributed by atoms with Crippen molar-refractivity contribution in [1.82, 2.24) is 0 Å². The van der Waals surface area contributed by atoms with Gasteiger partial charge >= 0.3 is 0 Å². The topological polar surface area (TPSA) is 38.7 Å². The first-order chi connectivity index (χ1) is 4.84. The Morgan fingerprint density at radius 3 is 2.70 bits per heavy atom. The Kier molecular flexibility index (Phi) is 2.61. The molecule has 0 aliphatic heterocycles. The van der Waals surface area contributed by atoms with Crippen molar-refractivity contribution in [2.75, 3.05) is 0 Å². The van der Waals surface area contributed by atoms with E-state index in [1.165, 1.54) is 0 Å². The number of rotatable bonds is 2. The van der Waals surface area contributed by atoms with Gasteiger partial charge in [-0.2, -0.15) is 0 Å². The summed E-state index contributed by atoms with van der Waals surface area (Å²) in [4.78, 5) is 14.0. The summed E-state index contributed by atoms with van der Waals surface area (Å²) in [5.41, 5.74) is 0. The first-order valence-corrected chi connectivity index (χ1v) is 3.66. The Balaban J connectivity index is 2.91. The molecule has 4 heteroatoms. The third-order valence-corrected chi connectivity index (χ3v) is 1.86. The normalized spacial score (nSPS) is 8.90. The molecule has 1 rings (SSSR count). The fourth-order valence-corrected chi connectivity index (χ4v) is 1.04. The van der Waals surface area contributed by atoms with Crippen molar-refractivity contribution in [2.45, 2.75) is 0 Å². The van der Waals surface area contributed by atoms with Gasteiger partial charge in [-0.1, -0.05) is 12.1 Å². The molecule has 0 amide bonds. The maximum atomic E-state index is 9.65.